The summed E-state index contributed by atoms with van der Waals surface area (Å²) in [4.78, 5) is 12.7. The first kappa shape index (κ1) is 19.3. The highest BCUT2D eigenvalue weighted by Crippen LogP contribution is 2.32. The fourth-order valence-corrected chi connectivity index (χ4v) is 3.50. The summed E-state index contributed by atoms with van der Waals surface area (Å²) in [6.07, 6.45) is -2.96. The van der Waals surface area contributed by atoms with E-state index in [0.717, 1.165) is 5.56 Å². The largest absolute Gasteiger partial charge is 0.394 e. The lowest BCUT2D eigenvalue weighted by Crippen LogP contribution is -2.33. The van der Waals surface area contributed by atoms with Crippen molar-refractivity contribution in [2.75, 3.05) is 11.9 Å². The van der Waals surface area contributed by atoms with Gasteiger partial charge >= 0.3 is 0 Å². The zero-order valence-corrected chi connectivity index (χ0v) is 15.9. The zero-order chi connectivity index (χ0) is 19.8. The van der Waals surface area contributed by atoms with Crippen LogP contribution >= 0.6 is 23.2 Å². The molecule has 0 spiro atoms. The predicted molar refractivity (Wildman–Crippen MR) is 102 cm³/mol. The summed E-state index contributed by atoms with van der Waals surface area (Å²) in [7, 11) is 0. The van der Waals surface area contributed by atoms with Crippen LogP contribution in [0, 0.1) is 0 Å². The number of ether oxygens (including phenoxy) is 1. The number of fused-ring (bicyclic) bond motifs is 1. The van der Waals surface area contributed by atoms with Crippen LogP contribution in [0.3, 0.4) is 0 Å². The number of aliphatic hydroxyl groups excluding tert-OH is 3. The van der Waals surface area contributed by atoms with E-state index in [9.17, 15) is 15.3 Å². The quantitative estimate of drug-likeness (QED) is 0.451. The van der Waals surface area contributed by atoms with Crippen molar-refractivity contribution in [3.8, 4) is 0 Å². The molecule has 4 N–H and O–H groups in total. The van der Waals surface area contributed by atoms with Crippen molar-refractivity contribution in [1.82, 2.24) is 19.5 Å². The van der Waals surface area contributed by atoms with E-state index in [1.165, 1.54) is 10.9 Å². The Morgan fingerprint density at radius 3 is 2.64 bits per heavy atom. The summed E-state index contributed by atoms with van der Waals surface area (Å²) in [5.41, 5.74) is 1.60. The second kappa shape index (κ2) is 7.78. The highest BCUT2D eigenvalue weighted by atomic mass is 35.5. The van der Waals surface area contributed by atoms with Crippen LogP contribution in [0.2, 0.25) is 10.3 Å². The molecule has 0 amide bonds. The van der Waals surface area contributed by atoms with Gasteiger partial charge in [-0.05, 0) is 23.2 Å². The molecule has 0 saturated carbocycles. The van der Waals surface area contributed by atoms with E-state index in [1.54, 1.807) is 6.07 Å². The predicted octanol–water partition coefficient (Wildman–Crippen LogP) is 1.36. The number of benzene rings is 1. The Morgan fingerprint density at radius 1 is 1.14 bits per heavy atom. The van der Waals surface area contributed by atoms with Gasteiger partial charge in [0.15, 0.2) is 23.2 Å². The van der Waals surface area contributed by atoms with E-state index in [1.807, 2.05) is 18.2 Å². The summed E-state index contributed by atoms with van der Waals surface area (Å²) < 4.78 is 7.00. The van der Waals surface area contributed by atoms with Crippen molar-refractivity contribution >= 4 is 40.2 Å². The van der Waals surface area contributed by atoms with Gasteiger partial charge in [-0.1, -0.05) is 29.8 Å². The molecule has 0 radical (unpaired) electrons. The van der Waals surface area contributed by atoms with Gasteiger partial charge in [0, 0.05) is 11.6 Å². The number of rotatable bonds is 5. The fraction of sp³-hybridized carbons (Fsp3) is 0.353. The van der Waals surface area contributed by atoms with Crippen LogP contribution in [0.15, 0.2) is 30.6 Å². The Kier molecular flexibility index (Phi) is 5.37. The number of nitrogens with one attached hydrogen (secondary N) is 1. The smallest absolute Gasteiger partial charge is 0.226 e. The molecule has 4 rings (SSSR count). The van der Waals surface area contributed by atoms with Gasteiger partial charge in [-0.25, -0.2) is 4.98 Å². The van der Waals surface area contributed by atoms with Crippen LogP contribution < -0.4 is 5.32 Å². The molecule has 4 atom stereocenters. The van der Waals surface area contributed by atoms with Crippen LogP contribution in [0.1, 0.15) is 11.8 Å². The third-order valence-corrected chi connectivity index (χ3v) is 5.13. The van der Waals surface area contributed by atoms with Crippen LogP contribution in [0.5, 0.6) is 0 Å². The molecule has 1 aliphatic rings. The number of aromatic nitrogens is 4. The third-order valence-electron chi connectivity index (χ3n) is 4.59. The topological polar surface area (TPSA) is 126 Å². The van der Waals surface area contributed by atoms with Crippen LogP contribution in [0.25, 0.3) is 11.2 Å². The molecule has 1 fully saturated rings. The monoisotopic (exact) mass is 425 g/mol. The van der Waals surface area contributed by atoms with Crippen molar-refractivity contribution < 1.29 is 20.1 Å². The highest BCUT2D eigenvalue weighted by molar-refractivity contribution is 6.31. The fourth-order valence-electron chi connectivity index (χ4n) is 3.13. The summed E-state index contributed by atoms with van der Waals surface area (Å²) in [6.45, 7) is -0.0371. The third kappa shape index (κ3) is 3.41. The van der Waals surface area contributed by atoms with Gasteiger partial charge in [-0.15, -0.1) is 0 Å². The van der Waals surface area contributed by atoms with Crippen molar-refractivity contribution in [2.45, 2.75) is 31.1 Å². The number of anilines is 1. The lowest BCUT2D eigenvalue weighted by molar-refractivity contribution is -0.0511. The van der Waals surface area contributed by atoms with E-state index in [4.69, 9.17) is 27.9 Å². The molecule has 3 heterocycles. The van der Waals surface area contributed by atoms with Gasteiger partial charge in [-0.2, -0.15) is 9.97 Å². The Labute approximate surface area is 169 Å². The van der Waals surface area contributed by atoms with Gasteiger partial charge in [0.05, 0.1) is 12.9 Å². The molecule has 9 nitrogen and oxygen atoms in total. The summed E-state index contributed by atoms with van der Waals surface area (Å²) >= 11 is 12.3. The number of nitrogens with zero attached hydrogens (tertiary/aromatic N) is 4. The minimum absolute atomic E-state index is 0.0253. The molecule has 1 aromatic carbocycles. The SMILES string of the molecule is OC[C@H]1OC(n2cnc3c(NCc4ccccc4Cl)nc(Cl)nc32)[C@H](O)[C@@H]1O. The Balaban J connectivity index is 1.66. The zero-order valence-electron chi connectivity index (χ0n) is 14.4. The Bertz CT molecular complexity index is 1000. The Hall–Kier alpha value is -2.01. The minimum atomic E-state index is -1.26. The van der Waals surface area contributed by atoms with E-state index in [0.29, 0.717) is 28.5 Å². The second-order valence-electron chi connectivity index (χ2n) is 6.34. The van der Waals surface area contributed by atoms with Crippen LogP contribution in [-0.4, -0.2) is 59.8 Å². The van der Waals surface area contributed by atoms with Crippen LogP contribution in [0.4, 0.5) is 5.82 Å². The van der Waals surface area contributed by atoms with Gasteiger partial charge in [0.1, 0.15) is 18.3 Å². The highest BCUT2D eigenvalue weighted by Gasteiger charge is 2.44. The van der Waals surface area contributed by atoms with Gasteiger partial charge < -0.3 is 25.4 Å². The molecule has 3 aromatic rings. The molecular formula is C17H17Cl2N5O4. The maximum atomic E-state index is 10.3. The molecule has 28 heavy (non-hydrogen) atoms. The van der Waals surface area contributed by atoms with Crippen molar-refractivity contribution in [3.63, 3.8) is 0 Å². The number of hydrogen-bond donors (Lipinski definition) is 4. The molecule has 0 aliphatic carbocycles. The average molecular weight is 426 g/mol. The number of aliphatic hydroxyl groups is 3. The van der Waals surface area contributed by atoms with Crippen molar-refractivity contribution in [3.05, 3.63) is 46.5 Å². The van der Waals surface area contributed by atoms with Gasteiger partial charge in [-0.3, -0.25) is 4.57 Å². The van der Waals surface area contributed by atoms with Crippen LogP contribution in [-0.2, 0) is 11.3 Å². The molecule has 1 aliphatic heterocycles. The number of hydrogen-bond acceptors (Lipinski definition) is 8. The van der Waals surface area contributed by atoms with Crippen molar-refractivity contribution in [2.24, 2.45) is 0 Å². The Morgan fingerprint density at radius 2 is 1.93 bits per heavy atom. The second-order valence-corrected chi connectivity index (χ2v) is 7.08. The summed E-state index contributed by atoms with van der Waals surface area (Å²) in [6, 6.07) is 7.39. The summed E-state index contributed by atoms with van der Waals surface area (Å²) in [5, 5.41) is 33.3. The molecular weight excluding hydrogens is 409 g/mol. The maximum Gasteiger partial charge on any atom is 0.226 e. The van der Waals surface area contributed by atoms with E-state index >= 15 is 0 Å². The molecule has 11 heteroatoms. The first-order chi connectivity index (χ1) is 13.5. The van der Waals surface area contributed by atoms with E-state index < -0.39 is 31.1 Å². The van der Waals surface area contributed by atoms with E-state index in [2.05, 4.69) is 20.3 Å². The first-order valence-electron chi connectivity index (χ1n) is 8.49. The molecule has 1 saturated heterocycles. The minimum Gasteiger partial charge on any atom is -0.394 e. The molecule has 1 unspecified atom stereocenters. The normalized spacial score (nSPS) is 24.8. The summed E-state index contributed by atoms with van der Waals surface area (Å²) in [5.74, 6) is 0.389. The maximum absolute atomic E-state index is 10.3. The molecule has 148 valence electrons. The van der Waals surface area contributed by atoms with Gasteiger partial charge in [0.25, 0.3) is 0 Å². The molecule has 0 bridgehead atoms. The lowest BCUT2D eigenvalue weighted by Gasteiger charge is -2.16. The average Bonchev–Trinajstić information content (AvgIpc) is 3.22. The van der Waals surface area contributed by atoms with Gasteiger partial charge in [0.2, 0.25) is 5.28 Å². The lowest BCUT2D eigenvalue weighted by atomic mass is 10.1. The van der Waals surface area contributed by atoms with E-state index in [-0.39, 0.29) is 5.28 Å². The standard InChI is InChI=1S/C17H17Cl2N5O4/c18-9-4-2-1-3-8(9)5-20-14-11-15(23-17(19)22-14)24(7-21-11)16-13(27)12(26)10(6-25)28-16/h1-4,7,10,12-13,16,25-27H,5-6H2,(H,20,22,23)/t10-,12-,13-,16?/m1/s1. The first-order valence-corrected chi connectivity index (χ1v) is 9.25. The number of halogens is 2. The molecule has 2 aromatic heterocycles. The number of imidazole rings is 1. The van der Waals surface area contributed by atoms with Crippen molar-refractivity contribution in [1.29, 1.82) is 0 Å².